The molecular weight excluding hydrogens is 863 g/mol. The van der Waals surface area contributed by atoms with Crippen LogP contribution >= 0.6 is 0 Å². The molecule has 322 valence electrons. The summed E-state index contributed by atoms with van der Waals surface area (Å²) in [6.07, 6.45) is 0. The zero-order chi connectivity index (χ0) is 45.9. The fourth-order valence-electron chi connectivity index (χ4n) is 11.9. The average Bonchev–Trinajstić information content (AvgIpc) is 4.26. The predicted octanol–water partition coefficient (Wildman–Crippen LogP) is 16.4. The number of hydrogen-bond acceptors (Lipinski definition) is 5. The molecule has 0 radical (unpaired) electrons. The van der Waals surface area contributed by atoms with E-state index in [9.17, 15) is 10.5 Å². The van der Waals surface area contributed by atoms with Crippen LogP contribution in [0, 0.1) is 22.7 Å². The van der Waals surface area contributed by atoms with Gasteiger partial charge < -0.3 is 27.0 Å². The lowest BCUT2D eigenvalue weighted by atomic mass is 10.0. The van der Waals surface area contributed by atoms with E-state index in [0.717, 1.165) is 120 Å². The highest BCUT2D eigenvalue weighted by atomic mass is 16.3. The van der Waals surface area contributed by atoms with Gasteiger partial charge in [0.15, 0.2) is 11.2 Å². The molecule has 6 heterocycles. The maximum atomic E-state index is 11.8. The zero-order valence-electron chi connectivity index (χ0n) is 36.9. The Labute approximate surface area is 395 Å². The van der Waals surface area contributed by atoms with Crippen molar-refractivity contribution in [1.29, 1.82) is 10.5 Å². The van der Waals surface area contributed by atoms with Crippen molar-refractivity contribution in [2.24, 2.45) is 0 Å². The van der Waals surface area contributed by atoms with Crippen molar-refractivity contribution in [3.63, 3.8) is 0 Å². The first kappa shape index (κ1) is 37.1. The number of para-hydroxylation sites is 6. The van der Waals surface area contributed by atoms with Crippen molar-refractivity contribution in [2.45, 2.75) is 0 Å². The second kappa shape index (κ2) is 13.3. The lowest BCUT2D eigenvalue weighted by Gasteiger charge is -2.24. The molecule has 10 aromatic carbocycles. The fourth-order valence-corrected chi connectivity index (χ4v) is 11.9. The lowest BCUT2D eigenvalue weighted by molar-refractivity contribution is 0.669. The van der Waals surface area contributed by atoms with E-state index < -0.39 is 0 Å². The molecular formula is C62H31N5O3. The van der Waals surface area contributed by atoms with E-state index in [1.807, 2.05) is 78.9 Å². The Morgan fingerprint density at radius 3 is 1.17 bits per heavy atom. The van der Waals surface area contributed by atoms with Gasteiger partial charge in [-0.05, 0) is 66.7 Å². The van der Waals surface area contributed by atoms with Gasteiger partial charge in [-0.25, -0.2) is 0 Å². The van der Waals surface area contributed by atoms with Gasteiger partial charge in [-0.15, -0.1) is 0 Å². The summed E-state index contributed by atoms with van der Waals surface area (Å²) in [5.41, 5.74) is 12.0. The van der Waals surface area contributed by atoms with Gasteiger partial charge in [-0.2, -0.15) is 10.5 Å². The SMILES string of the molecule is N#Cc1cc(C#N)c(-n2c3ccccc3c3ccc4oc5ccccc5c4c32)c(-n2c3ccccc3c3ccc4c5ccccc5oc4c32)c1-n1c2ccccc2c2ccc3c4ccccc4oc3c21. The summed E-state index contributed by atoms with van der Waals surface area (Å²) in [4.78, 5) is 0. The van der Waals surface area contributed by atoms with Crippen LogP contribution in [0.4, 0.5) is 0 Å². The van der Waals surface area contributed by atoms with Gasteiger partial charge in [0.2, 0.25) is 0 Å². The summed E-state index contributed by atoms with van der Waals surface area (Å²) in [6, 6.07) is 69.3. The van der Waals surface area contributed by atoms with Crippen LogP contribution in [0.25, 0.3) is 148 Å². The molecule has 0 aliphatic rings. The first-order valence-electron chi connectivity index (χ1n) is 23.2. The second-order valence-electron chi connectivity index (χ2n) is 18.1. The first-order chi connectivity index (χ1) is 34.7. The molecule has 0 atom stereocenters. The summed E-state index contributed by atoms with van der Waals surface area (Å²) in [5.74, 6) is 0. The van der Waals surface area contributed by atoms with E-state index >= 15 is 0 Å². The van der Waals surface area contributed by atoms with Gasteiger partial charge in [0.05, 0.1) is 66.7 Å². The molecule has 8 nitrogen and oxygen atoms in total. The number of nitrogens with zero attached hydrogens (tertiary/aromatic N) is 5. The smallest absolute Gasteiger partial charge is 0.160 e. The number of rotatable bonds is 3. The van der Waals surface area contributed by atoms with Gasteiger partial charge in [0.1, 0.15) is 34.5 Å². The molecule has 16 rings (SSSR count). The molecule has 0 amide bonds. The predicted molar refractivity (Wildman–Crippen MR) is 281 cm³/mol. The fraction of sp³-hybridized carbons (Fsp3) is 0. The minimum absolute atomic E-state index is 0.313. The highest BCUT2D eigenvalue weighted by Gasteiger charge is 2.32. The molecule has 0 saturated carbocycles. The quantitative estimate of drug-likeness (QED) is 0.176. The van der Waals surface area contributed by atoms with Crippen molar-refractivity contribution >= 4 is 131 Å². The van der Waals surface area contributed by atoms with E-state index in [1.54, 1.807) is 6.07 Å². The van der Waals surface area contributed by atoms with Crippen molar-refractivity contribution in [2.75, 3.05) is 0 Å². The molecule has 0 aliphatic carbocycles. The Morgan fingerprint density at radius 2 is 0.671 bits per heavy atom. The molecule has 16 aromatic rings. The maximum Gasteiger partial charge on any atom is 0.160 e. The van der Waals surface area contributed by atoms with Crippen LogP contribution in [0.1, 0.15) is 11.1 Å². The van der Waals surface area contributed by atoms with E-state index in [-0.39, 0.29) is 0 Å². The molecule has 70 heavy (non-hydrogen) atoms. The van der Waals surface area contributed by atoms with Crippen LogP contribution in [0.3, 0.4) is 0 Å². The van der Waals surface area contributed by atoms with Crippen LogP contribution in [0.2, 0.25) is 0 Å². The summed E-state index contributed by atoms with van der Waals surface area (Å²) >= 11 is 0. The highest BCUT2D eigenvalue weighted by molar-refractivity contribution is 6.27. The number of fused-ring (bicyclic) bond motifs is 21. The minimum Gasteiger partial charge on any atom is -0.456 e. The van der Waals surface area contributed by atoms with E-state index in [4.69, 9.17) is 13.3 Å². The summed E-state index contributed by atoms with van der Waals surface area (Å²) < 4.78 is 27.3. The molecule has 0 N–H and O–H groups in total. The molecule has 0 fully saturated rings. The molecule has 0 bridgehead atoms. The minimum atomic E-state index is 0.313. The second-order valence-corrected chi connectivity index (χ2v) is 18.1. The first-order valence-corrected chi connectivity index (χ1v) is 23.2. The van der Waals surface area contributed by atoms with Crippen LogP contribution in [0.15, 0.2) is 201 Å². The number of benzene rings is 10. The highest BCUT2D eigenvalue weighted by Crippen LogP contribution is 2.50. The Kier molecular flexibility index (Phi) is 7.06. The standard InChI is InChI=1S/C62H31N5O3/c63-32-34-31-35(33-64)56(66-48-20-8-2-14-37(48)42-25-27-44-39-16-4-10-22-50(39)69-61(44)58(42)66)60(67-49-21-9-3-15-38(49)43-26-28-45-40-17-5-11-23-51(40)70-62(45)59(43)67)55(34)65-47-19-7-1-13-36(47)41-29-30-53-54(57(41)65)46-18-6-12-24-52(46)68-53/h1-31H. The molecule has 6 aromatic heterocycles. The Bertz CT molecular complexity index is 5110. The van der Waals surface area contributed by atoms with Gasteiger partial charge in [-0.3, -0.25) is 0 Å². The number of hydrogen-bond donors (Lipinski definition) is 0. The normalized spacial score (nSPS) is 12.3. The van der Waals surface area contributed by atoms with Crippen LogP contribution in [-0.2, 0) is 0 Å². The van der Waals surface area contributed by atoms with Gasteiger partial charge >= 0.3 is 0 Å². The molecule has 0 unspecified atom stereocenters. The van der Waals surface area contributed by atoms with Crippen LogP contribution in [0.5, 0.6) is 0 Å². The zero-order valence-corrected chi connectivity index (χ0v) is 36.9. The molecule has 0 saturated heterocycles. The summed E-state index contributed by atoms with van der Waals surface area (Å²) in [5, 5.41) is 35.3. The lowest BCUT2D eigenvalue weighted by Crippen LogP contribution is -2.13. The Balaban J connectivity index is 1.23. The number of furan rings is 3. The molecule has 0 aliphatic heterocycles. The van der Waals surface area contributed by atoms with E-state index in [1.165, 1.54) is 0 Å². The van der Waals surface area contributed by atoms with Gasteiger partial charge in [0.25, 0.3) is 0 Å². The third-order valence-electron chi connectivity index (χ3n) is 14.7. The molecule has 8 heteroatoms. The van der Waals surface area contributed by atoms with Crippen molar-refractivity contribution < 1.29 is 13.3 Å². The largest absolute Gasteiger partial charge is 0.456 e. The van der Waals surface area contributed by atoms with E-state index in [2.05, 4.69) is 129 Å². The van der Waals surface area contributed by atoms with Crippen LogP contribution < -0.4 is 0 Å². The topological polar surface area (TPSA) is 102 Å². The maximum absolute atomic E-state index is 11.8. The Morgan fingerprint density at radius 1 is 0.300 bits per heavy atom. The van der Waals surface area contributed by atoms with Crippen molar-refractivity contribution in [3.05, 3.63) is 199 Å². The van der Waals surface area contributed by atoms with Gasteiger partial charge in [-0.1, -0.05) is 121 Å². The van der Waals surface area contributed by atoms with Crippen molar-refractivity contribution in [1.82, 2.24) is 13.7 Å². The summed E-state index contributed by atoms with van der Waals surface area (Å²) in [6.45, 7) is 0. The number of nitriles is 2. The number of aromatic nitrogens is 3. The average molecular weight is 894 g/mol. The third kappa shape index (κ3) is 4.57. The van der Waals surface area contributed by atoms with E-state index in [0.29, 0.717) is 39.4 Å². The van der Waals surface area contributed by atoms with Gasteiger partial charge in [0, 0.05) is 59.2 Å². The monoisotopic (exact) mass is 893 g/mol. The van der Waals surface area contributed by atoms with Crippen LogP contribution in [-0.4, -0.2) is 13.7 Å². The van der Waals surface area contributed by atoms with Crippen molar-refractivity contribution in [3.8, 4) is 29.2 Å². The third-order valence-corrected chi connectivity index (χ3v) is 14.7. The summed E-state index contributed by atoms with van der Waals surface area (Å²) in [7, 11) is 0. The molecule has 0 spiro atoms. The Hall–Kier alpha value is -10.0.